The Balaban J connectivity index is 1.16. The number of imidazole rings is 1. The van der Waals surface area contributed by atoms with Gasteiger partial charge in [-0.3, -0.25) is 4.57 Å². The van der Waals surface area contributed by atoms with Crippen LogP contribution in [0.1, 0.15) is 44.6 Å². The van der Waals surface area contributed by atoms with Crippen molar-refractivity contribution in [2.45, 2.75) is 56.7 Å². The Kier molecular flexibility index (Phi) is 5.06. The molecule has 5 rings (SSSR count). The number of aromatic amines is 1. The lowest BCUT2D eigenvalue weighted by molar-refractivity contribution is 0.107. The second-order valence-corrected chi connectivity index (χ2v) is 8.36. The smallest absolute Gasteiger partial charge is 0.326 e. The first-order valence-electron chi connectivity index (χ1n) is 10.7. The molecule has 1 saturated heterocycles. The van der Waals surface area contributed by atoms with Crippen LogP contribution in [0.5, 0.6) is 0 Å². The third-order valence-electron chi connectivity index (χ3n) is 6.63. The first-order chi connectivity index (χ1) is 14.3. The van der Waals surface area contributed by atoms with Crippen LogP contribution in [0, 0.1) is 0 Å². The van der Waals surface area contributed by atoms with E-state index >= 15 is 0 Å². The zero-order valence-electron chi connectivity index (χ0n) is 16.6. The van der Waals surface area contributed by atoms with Crippen LogP contribution in [0.2, 0.25) is 0 Å². The molecule has 2 aromatic heterocycles. The summed E-state index contributed by atoms with van der Waals surface area (Å²) in [6.45, 7) is 2.15. The Morgan fingerprint density at radius 2 is 1.66 bits per heavy atom. The van der Waals surface area contributed by atoms with E-state index in [1.165, 1.54) is 25.7 Å². The second kappa shape index (κ2) is 7.99. The highest BCUT2D eigenvalue weighted by Crippen LogP contribution is 2.31. The van der Waals surface area contributed by atoms with Gasteiger partial charge >= 0.3 is 5.69 Å². The minimum atomic E-state index is 0.0288. The van der Waals surface area contributed by atoms with E-state index in [0.29, 0.717) is 18.1 Å². The molecule has 0 unspecified atom stereocenters. The van der Waals surface area contributed by atoms with Crippen molar-refractivity contribution in [3.8, 4) is 0 Å². The lowest BCUT2D eigenvalue weighted by Crippen LogP contribution is -2.45. The number of piperidine rings is 1. The number of anilines is 1. The van der Waals surface area contributed by atoms with Crippen LogP contribution in [0.4, 0.5) is 5.69 Å². The van der Waals surface area contributed by atoms with Gasteiger partial charge in [0.1, 0.15) is 6.33 Å². The predicted molar refractivity (Wildman–Crippen MR) is 114 cm³/mol. The first kappa shape index (κ1) is 18.4. The summed E-state index contributed by atoms with van der Waals surface area (Å²) in [7, 11) is 0. The normalized spacial score (nSPS) is 24.0. The van der Waals surface area contributed by atoms with Gasteiger partial charge in [-0.05, 0) is 50.7 Å². The average Bonchev–Trinajstić information content (AvgIpc) is 3.11. The molecule has 152 valence electrons. The zero-order valence-corrected chi connectivity index (χ0v) is 16.6. The van der Waals surface area contributed by atoms with Crippen LogP contribution in [0.3, 0.4) is 0 Å². The van der Waals surface area contributed by atoms with E-state index in [-0.39, 0.29) is 5.69 Å². The molecule has 2 aliphatic rings. The fourth-order valence-corrected chi connectivity index (χ4v) is 5.14. The fourth-order valence-electron chi connectivity index (χ4n) is 5.14. The summed E-state index contributed by atoms with van der Waals surface area (Å²) < 4.78 is 1.98. The number of H-pyrrole nitrogens is 1. The molecule has 0 amide bonds. The Bertz CT molecular complexity index is 997. The van der Waals surface area contributed by atoms with Crippen LogP contribution in [0.25, 0.3) is 11.0 Å². The number of nitrogens with one attached hydrogen (secondary N) is 2. The molecule has 7 heteroatoms. The van der Waals surface area contributed by atoms with Crippen molar-refractivity contribution in [1.82, 2.24) is 24.4 Å². The van der Waals surface area contributed by atoms with Crippen molar-refractivity contribution >= 4 is 16.7 Å². The largest absolute Gasteiger partial charge is 0.380 e. The molecule has 2 N–H and O–H groups in total. The maximum Gasteiger partial charge on any atom is 0.326 e. The standard InChI is InChI=1S/C22H28N6O/c29-22-26-20-3-1-2-4-21(20)28(22)19-9-11-27(12-10-19)18-7-5-16(6-8-18)25-17-13-23-15-24-14-17/h1-4,13-16,18-19,25H,5-12H2,(H,26,29)/t16-,18-. The molecule has 3 heterocycles. The Morgan fingerprint density at radius 1 is 0.931 bits per heavy atom. The molecule has 0 bridgehead atoms. The summed E-state index contributed by atoms with van der Waals surface area (Å²) >= 11 is 0. The van der Waals surface area contributed by atoms with Gasteiger partial charge in [0, 0.05) is 31.2 Å². The van der Waals surface area contributed by atoms with E-state index in [1.54, 1.807) is 6.33 Å². The molecule has 1 aromatic carbocycles. The maximum absolute atomic E-state index is 12.5. The molecule has 1 aliphatic carbocycles. The van der Waals surface area contributed by atoms with Crippen LogP contribution in [-0.2, 0) is 0 Å². The summed E-state index contributed by atoms with van der Waals surface area (Å²) in [5.74, 6) is 0. The summed E-state index contributed by atoms with van der Waals surface area (Å²) in [4.78, 5) is 26.3. The van der Waals surface area contributed by atoms with E-state index in [0.717, 1.165) is 42.7 Å². The number of hydrogen-bond donors (Lipinski definition) is 2. The predicted octanol–water partition coefficient (Wildman–Crippen LogP) is 3.18. The molecule has 29 heavy (non-hydrogen) atoms. The Hall–Kier alpha value is -2.67. The highest BCUT2D eigenvalue weighted by atomic mass is 16.1. The van der Waals surface area contributed by atoms with E-state index in [9.17, 15) is 4.79 Å². The van der Waals surface area contributed by atoms with Gasteiger partial charge in [-0.25, -0.2) is 14.8 Å². The van der Waals surface area contributed by atoms with Gasteiger partial charge in [-0.15, -0.1) is 0 Å². The highest BCUT2D eigenvalue weighted by Gasteiger charge is 2.30. The first-order valence-corrected chi connectivity index (χ1v) is 10.7. The fraction of sp³-hybridized carbons (Fsp3) is 0.500. The Labute approximate surface area is 170 Å². The van der Waals surface area contributed by atoms with Crippen molar-refractivity contribution in [2.75, 3.05) is 18.4 Å². The van der Waals surface area contributed by atoms with E-state index < -0.39 is 0 Å². The van der Waals surface area contributed by atoms with Crippen molar-refractivity contribution in [3.63, 3.8) is 0 Å². The monoisotopic (exact) mass is 392 g/mol. The molecule has 7 nitrogen and oxygen atoms in total. The lowest BCUT2D eigenvalue weighted by Gasteiger charge is -2.41. The van der Waals surface area contributed by atoms with E-state index in [1.807, 2.05) is 41.2 Å². The average molecular weight is 393 g/mol. The molecule has 0 radical (unpaired) electrons. The van der Waals surface area contributed by atoms with Crippen molar-refractivity contribution in [3.05, 3.63) is 53.5 Å². The molecule has 3 aromatic rings. The minimum Gasteiger partial charge on any atom is -0.380 e. The van der Waals surface area contributed by atoms with Gasteiger partial charge < -0.3 is 15.2 Å². The molecular weight excluding hydrogens is 364 g/mol. The summed E-state index contributed by atoms with van der Waals surface area (Å²) in [6.07, 6.45) is 12.2. The summed E-state index contributed by atoms with van der Waals surface area (Å²) in [5.41, 5.74) is 3.02. The molecular formula is C22H28N6O. The highest BCUT2D eigenvalue weighted by molar-refractivity contribution is 5.75. The van der Waals surface area contributed by atoms with Gasteiger partial charge in [-0.1, -0.05) is 12.1 Å². The number of likely N-dealkylation sites (tertiary alicyclic amines) is 1. The van der Waals surface area contributed by atoms with Crippen molar-refractivity contribution < 1.29 is 0 Å². The molecule has 1 saturated carbocycles. The number of hydrogen-bond acceptors (Lipinski definition) is 5. The maximum atomic E-state index is 12.5. The third kappa shape index (κ3) is 3.79. The van der Waals surface area contributed by atoms with Crippen LogP contribution < -0.4 is 11.0 Å². The number of fused-ring (bicyclic) bond motifs is 1. The second-order valence-electron chi connectivity index (χ2n) is 8.36. The summed E-state index contributed by atoms with van der Waals surface area (Å²) in [5, 5.41) is 3.57. The van der Waals surface area contributed by atoms with Gasteiger partial charge in [-0.2, -0.15) is 0 Å². The lowest BCUT2D eigenvalue weighted by atomic mass is 9.88. The Morgan fingerprint density at radius 3 is 2.41 bits per heavy atom. The van der Waals surface area contributed by atoms with Gasteiger partial charge in [0.05, 0.1) is 29.1 Å². The van der Waals surface area contributed by atoms with Gasteiger partial charge in [0.15, 0.2) is 0 Å². The molecule has 1 aliphatic heterocycles. The summed E-state index contributed by atoms with van der Waals surface area (Å²) in [6, 6.07) is 9.49. The molecule has 0 spiro atoms. The molecule has 2 fully saturated rings. The van der Waals surface area contributed by atoms with Crippen molar-refractivity contribution in [1.29, 1.82) is 0 Å². The quantitative estimate of drug-likeness (QED) is 0.713. The van der Waals surface area contributed by atoms with E-state index in [4.69, 9.17) is 0 Å². The minimum absolute atomic E-state index is 0.0288. The topological polar surface area (TPSA) is 78.8 Å². The van der Waals surface area contributed by atoms with Crippen LogP contribution in [-0.4, -0.2) is 49.6 Å². The van der Waals surface area contributed by atoms with Gasteiger partial charge in [0.25, 0.3) is 0 Å². The number of para-hydroxylation sites is 2. The number of nitrogens with zero attached hydrogens (tertiary/aromatic N) is 4. The number of rotatable bonds is 4. The van der Waals surface area contributed by atoms with Gasteiger partial charge in [0.2, 0.25) is 0 Å². The number of aromatic nitrogens is 4. The van der Waals surface area contributed by atoms with E-state index in [2.05, 4.69) is 25.2 Å². The van der Waals surface area contributed by atoms with Crippen molar-refractivity contribution in [2.24, 2.45) is 0 Å². The third-order valence-corrected chi connectivity index (χ3v) is 6.63. The van der Waals surface area contributed by atoms with Crippen LogP contribution >= 0.6 is 0 Å². The molecule has 0 atom stereocenters. The van der Waals surface area contributed by atoms with Crippen LogP contribution in [0.15, 0.2) is 47.8 Å². The SMILES string of the molecule is O=c1[nH]c2ccccc2n1C1CCN([C@H]2CC[C@H](Nc3cncnc3)CC2)CC1. The zero-order chi connectivity index (χ0) is 19.6. The number of benzene rings is 1.